The number of anilines is 2. The van der Waals surface area contributed by atoms with Gasteiger partial charge in [-0.15, -0.1) is 0 Å². The van der Waals surface area contributed by atoms with Gasteiger partial charge >= 0.3 is 0 Å². The summed E-state index contributed by atoms with van der Waals surface area (Å²) >= 11 is 0. The van der Waals surface area contributed by atoms with E-state index in [-0.39, 0.29) is 11.9 Å². The van der Waals surface area contributed by atoms with Crippen molar-refractivity contribution >= 4 is 28.4 Å². The molecule has 212 valence electrons. The first-order valence-electron chi connectivity index (χ1n) is 14.8. The van der Waals surface area contributed by atoms with Gasteiger partial charge in [0.05, 0.1) is 5.39 Å². The number of pyridine rings is 1. The lowest BCUT2D eigenvalue weighted by atomic mass is 10.1. The molecule has 1 aromatic carbocycles. The third-order valence-electron chi connectivity index (χ3n) is 8.54. The van der Waals surface area contributed by atoms with Crippen molar-refractivity contribution in [3.05, 3.63) is 66.2 Å². The number of rotatable bonds is 7. The normalized spacial score (nSPS) is 20.4. The summed E-state index contributed by atoms with van der Waals surface area (Å²) < 4.78 is 0. The Morgan fingerprint density at radius 3 is 2.59 bits per heavy atom. The number of likely N-dealkylation sites (tertiary alicyclic amines) is 1. The van der Waals surface area contributed by atoms with Crippen LogP contribution >= 0.6 is 0 Å². The second kappa shape index (κ2) is 11.2. The van der Waals surface area contributed by atoms with Crippen molar-refractivity contribution in [2.45, 2.75) is 44.3 Å². The van der Waals surface area contributed by atoms with Gasteiger partial charge in [-0.1, -0.05) is 12.1 Å². The highest BCUT2D eigenvalue weighted by molar-refractivity contribution is 6.03. The molecule has 0 radical (unpaired) electrons. The summed E-state index contributed by atoms with van der Waals surface area (Å²) in [6, 6.07) is 14.9. The topological polar surface area (TPSA) is 119 Å². The Hall–Kier alpha value is -3.86. The van der Waals surface area contributed by atoms with Gasteiger partial charge in [-0.25, -0.2) is 9.97 Å². The number of piperazine rings is 1. The van der Waals surface area contributed by atoms with Crippen LogP contribution in [-0.4, -0.2) is 87.0 Å². The smallest absolute Gasteiger partial charge is 0.274 e. The van der Waals surface area contributed by atoms with Crippen LogP contribution in [0.2, 0.25) is 0 Å². The summed E-state index contributed by atoms with van der Waals surface area (Å²) in [6.45, 7) is 6.85. The number of nitrogens with one attached hydrogen (secondary N) is 2. The first-order chi connectivity index (χ1) is 20.1. The Morgan fingerprint density at radius 1 is 0.976 bits per heavy atom. The third-order valence-corrected chi connectivity index (χ3v) is 8.54. The Morgan fingerprint density at radius 2 is 1.80 bits per heavy atom. The third kappa shape index (κ3) is 5.81. The van der Waals surface area contributed by atoms with Crippen LogP contribution in [0.5, 0.6) is 0 Å². The molecule has 1 unspecified atom stereocenters. The number of aromatic amines is 1. The van der Waals surface area contributed by atoms with Crippen LogP contribution in [0, 0.1) is 0 Å². The summed E-state index contributed by atoms with van der Waals surface area (Å²) in [6.07, 6.45) is 8.24. The number of piperidine rings is 1. The molecule has 7 rings (SSSR count). The maximum atomic E-state index is 13.0. The van der Waals surface area contributed by atoms with Crippen LogP contribution in [0.4, 0.5) is 11.5 Å². The standard InChI is InChI=1S/C31H37N9O/c32-23-2-1-11-38(19-23)18-21-9-10-33-28(16-21)31(41)36-24-5-3-22(4-6-24)27-17-26-29(37-27)34-20-35-30(26)40-14-12-39(13-15-40)25-7-8-25/h3-6,9-10,16-17,20,23,25H,1-2,7-8,11-15,18-19,32H2,(H,36,41)(H,34,35,37). The molecule has 4 N–H and O–H groups in total. The lowest BCUT2D eigenvalue weighted by Gasteiger charge is -2.35. The van der Waals surface area contributed by atoms with Crippen molar-refractivity contribution in [3.63, 3.8) is 0 Å². The number of carbonyl (C=O) groups is 1. The Kier molecular flexibility index (Phi) is 7.12. The molecule has 10 heteroatoms. The fourth-order valence-electron chi connectivity index (χ4n) is 6.19. The summed E-state index contributed by atoms with van der Waals surface area (Å²) in [5.74, 6) is 0.775. The predicted octanol–water partition coefficient (Wildman–Crippen LogP) is 3.48. The molecule has 0 bridgehead atoms. The summed E-state index contributed by atoms with van der Waals surface area (Å²) in [4.78, 5) is 37.3. The molecule has 3 aromatic heterocycles. The van der Waals surface area contributed by atoms with Gasteiger partial charge in [0, 0.05) is 68.9 Å². The van der Waals surface area contributed by atoms with Crippen LogP contribution in [0.15, 0.2) is 55.0 Å². The minimum atomic E-state index is -0.220. The zero-order valence-electron chi connectivity index (χ0n) is 23.3. The fraction of sp³-hybridized carbons (Fsp3) is 0.419. The number of hydrogen-bond acceptors (Lipinski definition) is 8. The molecule has 41 heavy (non-hydrogen) atoms. The van der Waals surface area contributed by atoms with E-state index in [9.17, 15) is 4.79 Å². The SMILES string of the molecule is NC1CCCN(Cc2ccnc(C(=O)Nc3ccc(-c4cc5c(N6CCN(C7CC7)CC6)ncnc5[nH]4)cc3)c2)C1. The number of carbonyl (C=O) groups excluding carboxylic acids is 1. The van der Waals surface area contributed by atoms with Crippen LogP contribution in [0.3, 0.4) is 0 Å². The van der Waals surface area contributed by atoms with Crippen molar-refractivity contribution in [2.24, 2.45) is 5.73 Å². The second-order valence-corrected chi connectivity index (χ2v) is 11.6. The van der Waals surface area contributed by atoms with Crippen LogP contribution in [0.1, 0.15) is 41.7 Å². The largest absolute Gasteiger partial charge is 0.353 e. The van der Waals surface area contributed by atoms with Gasteiger partial charge < -0.3 is 20.9 Å². The highest BCUT2D eigenvalue weighted by atomic mass is 16.1. The van der Waals surface area contributed by atoms with Gasteiger partial charge in [0.1, 0.15) is 23.5 Å². The van der Waals surface area contributed by atoms with E-state index in [1.807, 2.05) is 36.4 Å². The highest BCUT2D eigenvalue weighted by Crippen LogP contribution is 2.32. The van der Waals surface area contributed by atoms with Crippen molar-refractivity contribution in [2.75, 3.05) is 49.5 Å². The Bertz CT molecular complexity index is 1520. The molecule has 3 aliphatic rings. The van der Waals surface area contributed by atoms with Gasteiger partial charge in [0.25, 0.3) is 5.91 Å². The van der Waals surface area contributed by atoms with E-state index in [1.54, 1.807) is 12.5 Å². The van der Waals surface area contributed by atoms with E-state index in [4.69, 9.17) is 5.73 Å². The summed E-state index contributed by atoms with van der Waals surface area (Å²) in [5.41, 5.74) is 11.2. The molecular weight excluding hydrogens is 514 g/mol. The average Bonchev–Trinajstić information content (AvgIpc) is 3.75. The maximum Gasteiger partial charge on any atom is 0.274 e. The number of aromatic nitrogens is 4. The number of amides is 1. The molecule has 1 saturated carbocycles. The van der Waals surface area contributed by atoms with E-state index in [2.05, 4.69) is 46.0 Å². The van der Waals surface area contributed by atoms with Crippen LogP contribution in [-0.2, 0) is 6.54 Å². The van der Waals surface area contributed by atoms with Gasteiger partial charge in [0.2, 0.25) is 0 Å². The number of hydrogen-bond donors (Lipinski definition) is 3. The Labute approximate surface area is 240 Å². The number of nitrogens with two attached hydrogens (primary N) is 1. The molecule has 1 atom stereocenters. The minimum absolute atomic E-state index is 0.220. The summed E-state index contributed by atoms with van der Waals surface area (Å²) in [5, 5.41) is 4.03. The average molecular weight is 552 g/mol. The van der Waals surface area contributed by atoms with Gasteiger partial charge in [-0.2, -0.15) is 0 Å². The minimum Gasteiger partial charge on any atom is -0.353 e. The second-order valence-electron chi connectivity index (χ2n) is 11.6. The van der Waals surface area contributed by atoms with Crippen molar-refractivity contribution < 1.29 is 4.79 Å². The van der Waals surface area contributed by atoms with Gasteiger partial charge in [-0.05, 0) is 73.7 Å². The van der Waals surface area contributed by atoms with E-state index in [0.717, 1.165) is 104 Å². The number of fused-ring (bicyclic) bond motifs is 1. The fourth-order valence-corrected chi connectivity index (χ4v) is 6.19. The van der Waals surface area contributed by atoms with Gasteiger partial charge in [-0.3, -0.25) is 19.6 Å². The van der Waals surface area contributed by atoms with E-state index in [0.29, 0.717) is 5.69 Å². The van der Waals surface area contributed by atoms with Crippen LogP contribution < -0.4 is 16.0 Å². The molecule has 2 saturated heterocycles. The zero-order valence-corrected chi connectivity index (χ0v) is 23.3. The highest BCUT2D eigenvalue weighted by Gasteiger charge is 2.32. The Balaban J connectivity index is 1.02. The molecule has 2 aliphatic heterocycles. The molecule has 1 aliphatic carbocycles. The van der Waals surface area contributed by atoms with Crippen molar-refractivity contribution in [1.82, 2.24) is 29.7 Å². The summed E-state index contributed by atoms with van der Waals surface area (Å²) in [7, 11) is 0. The van der Waals surface area contributed by atoms with Crippen molar-refractivity contribution in [1.29, 1.82) is 0 Å². The number of nitrogens with zero attached hydrogens (tertiary/aromatic N) is 6. The first-order valence-corrected chi connectivity index (χ1v) is 14.8. The van der Waals surface area contributed by atoms with Crippen LogP contribution in [0.25, 0.3) is 22.3 Å². The number of benzene rings is 1. The molecule has 0 spiro atoms. The van der Waals surface area contributed by atoms with Crippen molar-refractivity contribution in [3.8, 4) is 11.3 Å². The molecule has 1 amide bonds. The molecule has 3 fully saturated rings. The molecule has 4 aromatic rings. The molecular formula is C31H37N9O. The zero-order chi connectivity index (χ0) is 27.8. The lowest BCUT2D eigenvalue weighted by molar-refractivity contribution is 0.102. The number of H-pyrrole nitrogens is 1. The van der Waals surface area contributed by atoms with E-state index < -0.39 is 0 Å². The van der Waals surface area contributed by atoms with Gasteiger partial charge in [0.15, 0.2) is 0 Å². The maximum absolute atomic E-state index is 13.0. The molecule has 10 nitrogen and oxygen atoms in total. The lowest BCUT2D eigenvalue weighted by Crippen LogP contribution is -2.47. The quantitative estimate of drug-likeness (QED) is 0.320. The predicted molar refractivity (Wildman–Crippen MR) is 161 cm³/mol. The monoisotopic (exact) mass is 551 g/mol. The molecule has 5 heterocycles. The van der Waals surface area contributed by atoms with E-state index >= 15 is 0 Å². The van der Waals surface area contributed by atoms with E-state index in [1.165, 1.54) is 12.8 Å². The first kappa shape index (κ1) is 26.1.